The van der Waals surface area contributed by atoms with E-state index in [9.17, 15) is 54.3 Å². The summed E-state index contributed by atoms with van der Waals surface area (Å²) in [6.07, 6.45) is 14.8. The number of aliphatic hydroxyl groups is 2. The number of nitrogens with two attached hydrogens (primary N) is 1. The monoisotopic (exact) mass is 1410 g/mol. The maximum absolute atomic E-state index is 13.6. The molecule has 3 aliphatic heterocycles. The number of nitrogens with zero attached hydrogens (tertiary/aromatic N) is 1. The number of hydrogen-bond acceptors (Lipinski definition) is 21. The molecule has 3 aliphatic carbocycles. The standard InChI is InChI=1S/C27H29NO10.C23H31NO7.C20H28O2.C10H15N/c1-10-22(30)14(28)7-17(37-10)38-16-9-27(35,11(2)29)8-13-19(16)26(34)21-20(24(13)32)23(31)12-5-4-6-15(36-3)18(12)25(21)33;1-15(5-7-19(25)30-13-10-24-8-11-29-12-9-24)4-6-17-21(26)20-18(14-31-23(20)27)16(2)22(17)28-3;1-15(8-6-9-16(2)14-19(21)22)11-12-18-17(3)10-7-13-20(18,4)5;1-9(11-2)8-10-6-4-3-5-7-10/h4-6,10,14,16-17,22,30,32,34-35H,7-9,28H2,1-3H3;4,26H,5-14H2,1-3H3;6,8-9,11-12,14H,7,10,13H2,1-5H3,(H,21,22);3-7,9,11H,8H2,1-2H3/b;15-4+;9-6+,12-11+,15-8+,16-14+;/t10-,14-,16-,17-,22+,27-;;;9-/m0..0/s1. The summed E-state index contributed by atoms with van der Waals surface area (Å²) in [4.78, 5) is 76.4. The number of phenols is 3. The van der Waals surface area contributed by atoms with E-state index >= 15 is 0 Å². The third-order valence-electron chi connectivity index (χ3n) is 19.6. The van der Waals surface area contributed by atoms with Crippen molar-refractivity contribution in [3.8, 4) is 28.7 Å². The number of nitrogens with one attached hydrogen (secondary N) is 1. The number of esters is 2. The first-order valence-corrected chi connectivity index (χ1v) is 34.8. The number of ether oxygens (including phenoxy) is 7. The molecule has 22 heteroatoms. The molecule has 10 rings (SSSR count). The molecule has 7 atom stereocenters. The molecule has 4 aromatic rings. The van der Waals surface area contributed by atoms with Crippen LogP contribution in [0.4, 0.5) is 0 Å². The number of phenolic OH excluding ortho intramolecular Hbond substituents is 3. The van der Waals surface area contributed by atoms with E-state index in [1.807, 2.05) is 45.2 Å². The fourth-order valence-corrected chi connectivity index (χ4v) is 13.5. The Morgan fingerprint density at radius 1 is 0.863 bits per heavy atom. The van der Waals surface area contributed by atoms with Crippen LogP contribution in [0.15, 0.2) is 119 Å². The first kappa shape index (κ1) is 80.7. The molecule has 22 nitrogen and oxygen atoms in total. The predicted octanol–water partition coefficient (Wildman–Crippen LogP) is 11.0. The number of carboxylic acid groups (broad SMARTS) is 1. The summed E-state index contributed by atoms with van der Waals surface area (Å²) in [5.74, 6) is -4.36. The van der Waals surface area contributed by atoms with Crippen molar-refractivity contribution in [1.29, 1.82) is 0 Å². The minimum Gasteiger partial charge on any atom is -0.507 e. The molecule has 0 amide bonds. The van der Waals surface area contributed by atoms with Crippen molar-refractivity contribution < 1.29 is 92.6 Å². The topological polar surface area (TPSA) is 330 Å². The number of methoxy groups -OCH3 is 2. The number of benzene rings is 4. The van der Waals surface area contributed by atoms with E-state index in [0.29, 0.717) is 48.8 Å². The highest BCUT2D eigenvalue weighted by molar-refractivity contribution is 6.31. The molecular weight excluding hydrogens is 1310 g/mol. The molecule has 0 unspecified atom stereocenters. The van der Waals surface area contributed by atoms with Crippen LogP contribution in [0.25, 0.3) is 0 Å². The van der Waals surface area contributed by atoms with Crippen molar-refractivity contribution in [2.24, 2.45) is 11.1 Å². The van der Waals surface area contributed by atoms with Gasteiger partial charge < -0.3 is 74.8 Å². The highest BCUT2D eigenvalue weighted by Crippen LogP contribution is 2.53. The van der Waals surface area contributed by atoms with E-state index in [4.69, 9.17) is 44.0 Å². The second kappa shape index (κ2) is 36.5. The lowest BCUT2D eigenvalue weighted by Gasteiger charge is -2.42. The Balaban J connectivity index is 0.000000205. The number of hydrogen-bond donors (Lipinski definition) is 8. The van der Waals surface area contributed by atoms with Crippen molar-refractivity contribution in [1.82, 2.24) is 10.2 Å². The maximum atomic E-state index is 13.6. The lowest BCUT2D eigenvalue weighted by atomic mass is 9.72. The van der Waals surface area contributed by atoms with Crippen LogP contribution in [0.5, 0.6) is 28.7 Å². The van der Waals surface area contributed by atoms with Crippen LogP contribution in [0.2, 0.25) is 0 Å². The van der Waals surface area contributed by atoms with Gasteiger partial charge in [0, 0.05) is 91.3 Å². The Morgan fingerprint density at radius 2 is 1.56 bits per heavy atom. The van der Waals surface area contributed by atoms with Gasteiger partial charge in [-0.25, -0.2) is 9.59 Å². The van der Waals surface area contributed by atoms with Gasteiger partial charge in [0.15, 0.2) is 17.9 Å². The van der Waals surface area contributed by atoms with Crippen molar-refractivity contribution in [3.05, 3.63) is 180 Å². The smallest absolute Gasteiger partial charge is 0.342 e. The van der Waals surface area contributed by atoms with E-state index in [1.54, 1.807) is 27.0 Å². The van der Waals surface area contributed by atoms with E-state index in [-0.39, 0.29) is 70.1 Å². The van der Waals surface area contributed by atoms with Gasteiger partial charge in [0.05, 0.1) is 62.4 Å². The summed E-state index contributed by atoms with van der Waals surface area (Å²) in [7, 11) is 4.87. The van der Waals surface area contributed by atoms with Crippen LogP contribution in [-0.2, 0) is 63.9 Å². The van der Waals surface area contributed by atoms with Crippen molar-refractivity contribution in [2.75, 3.05) is 60.7 Å². The number of aromatic hydroxyl groups is 3. The predicted molar refractivity (Wildman–Crippen MR) is 386 cm³/mol. The number of Topliss-reactive ketones (excluding diaryl/α,β-unsaturated/α-hetero) is 1. The molecule has 3 heterocycles. The van der Waals surface area contributed by atoms with Gasteiger partial charge in [0.2, 0.25) is 5.78 Å². The number of carbonyl (C=O) groups excluding carboxylic acids is 5. The number of carboxylic acids is 1. The molecule has 2 fully saturated rings. The lowest BCUT2D eigenvalue weighted by molar-refractivity contribution is -0.247. The molecule has 0 bridgehead atoms. The number of cyclic esters (lactones) is 1. The Bertz CT molecular complexity index is 3900. The number of aliphatic hydroxyl groups excluding tert-OH is 1. The Morgan fingerprint density at radius 3 is 2.20 bits per heavy atom. The first-order valence-electron chi connectivity index (χ1n) is 34.8. The zero-order chi connectivity index (χ0) is 74.9. The van der Waals surface area contributed by atoms with E-state index in [2.05, 4.69) is 81.3 Å². The van der Waals surface area contributed by atoms with Gasteiger partial charge in [-0.15, -0.1) is 0 Å². The van der Waals surface area contributed by atoms with Gasteiger partial charge in [-0.2, -0.15) is 0 Å². The second-order valence-corrected chi connectivity index (χ2v) is 27.6. The third-order valence-corrected chi connectivity index (χ3v) is 19.6. The van der Waals surface area contributed by atoms with Crippen LogP contribution in [0.3, 0.4) is 0 Å². The van der Waals surface area contributed by atoms with Crippen LogP contribution in [0.1, 0.15) is 189 Å². The number of aliphatic carboxylic acids is 1. The Kier molecular flexibility index (Phi) is 28.9. The Hall–Kier alpha value is -8.58. The van der Waals surface area contributed by atoms with Crippen molar-refractivity contribution >= 4 is 35.3 Å². The molecule has 2 saturated heterocycles. The summed E-state index contributed by atoms with van der Waals surface area (Å²) >= 11 is 0. The Labute approximate surface area is 598 Å². The molecule has 102 heavy (non-hydrogen) atoms. The summed E-state index contributed by atoms with van der Waals surface area (Å²) in [5.41, 5.74) is 12.7. The molecule has 4 aromatic carbocycles. The number of morpholine rings is 1. The number of ketones is 3. The summed E-state index contributed by atoms with van der Waals surface area (Å²) in [5, 5.41) is 66.6. The van der Waals surface area contributed by atoms with Gasteiger partial charge in [-0.1, -0.05) is 109 Å². The zero-order valence-electron chi connectivity index (χ0n) is 61.2. The molecule has 552 valence electrons. The van der Waals surface area contributed by atoms with Gasteiger partial charge >= 0.3 is 17.9 Å². The average molecular weight is 1410 g/mol. The fourth-order valence-electron chi connectivity index (χ4n) is 13.5. The summed E-state index contributed by atoms with van der Waals surface area (Å²) in [6, 6.07) is 14.8. The third kappa shape index (κ3) is 20.2. The maximum Gasteiger partial charge on any atom is 0.342 e. The number of fused-ring (bicyclic) bond motifs is 4. The van der Waals surface area contributed by atoms with E-state index in [1.165, 1.54) is 74.3 Å². The molecule has 9 N–H and O–H groups in total. The SMILES string of the molecule is CC1=C(/C=C/C(C)=C/C=C/C(C)=C/C(=O)O)C(C)(C)CCC1.CN[C@@H](C)Cc1ccccc1.COc1c(C)c2c(c(O)c1C/C=C(\C)CCC(=O)OCCN1CCOCC1)C(=O)OC2.COc1cccc2c1C(=O)c1c(O)c3c(c(O)c1C2=O)C[C@@](O)(C(C)=O)C[C@@H]3O[C@H]1C[C@H](N)[C@H](O)[C@H](C)O1. The minimum absolute atomic E-state index is 0.0147. The van der Waals surface area contributed by atoms with Crippen LogP contribution in [0, 0.1) is 12.3 Å². The van der Waals surface area contributed by atoms with E-state index in [0.717, 1.165) is 61.6 Å². The largest absolute Gasteiger partial charge is 0.507 e. The molecule has 0 saturated carbocycles. The molecule has 0 aromatic heterocycles. The summed E-state index contributed by atoms with van der Waals surface area (Å²) < 4.78 is 38.3. The summed E-state index contributed by atoms with van der Waals surface area (Å²) in [6.45, 7) is 23.9. The molecular formula is C80H103N3O19. The van der Waals surface area contributed by atoms with E-state index < -0.39 is 94.6 Å². The minimum atomic E-state index is -2.00. The quantitative estimate of drug-likeness (QED) is 0.0111. The number of rotatable bonds is 21. The van der Waals surface area contributed by atoms with Crippen LogP contribution >= 0.6 is 0 Å². The zero-order valence-corrected chi connectivity index (χ0v) is 61.2. The van der Waals surface area contributed by atoms with Crippen LogP contribution < -0.4 is 20.5 Å². The van der Waals surface area contributed by atoms with Crippen LogP contribution in [-0.4, -0.2) is 168 Å². The molecule has 6 aliphatic rings. The van der Waals surface area contributed by atoms with Gasteiger partial charge in [0.25, 0.3) is 0 Å². The molecule has 0 radical (unpaired) electrons. The fraction of sp³-hybridized carbons (Fsp3) is 0.475. The highest BCUT2D eigenvalue weighted by atomic mass is 16.7. The molecule has 0 spiro atoms. The van der Waals surface area contributed by atoms with Crippen molar-refractivity contribution in [2.45, 2.75) is 182 Å². The lowest BCUT2D eigenvalue weighted by Crippen LogP contribution is -2.52. The van der Waals surface area contributed by atoms with Gasteiger partial charge in [-0.05, 0) is 135 Å². The van der Waals surface area contributed by atoms with Gasteiger partial charge in [-0.3, -0.25) is 24.1 Å². The van der Waals surface area contributed by atoms with Gasteiger partial charge in [0.1, 0.15) is 53.1 Å². The first-order chi connectivity index (χ1) is 48.4. The number of allylic oxidation sites excluding steroid dienone is 11. The number of likely N-dealkylation sites (N-methyl/N-ethyl adjacent to an activating group) is 1. The average Bonchev–Trinajstić information content (AvgIpc) is 0.837. The second-order valence-electron chi connectivity index (χ2n) is 27.6. The van der Waals surface area contributed by atoms with Crippen molar-refractivity contribution in [3.63, 3.8) is 0 Å². The highest BCUT2D eigenvalue weighted by Gasteiger charge is 2.50. The number of carbonyl (C=O) groups is 6. The normalized spacial score (nSPS) is 22.1.